The monoisotopic (exact) mass is 311 g/mol. The van der Waals surface area contributed by atoms with E-state index in [0.29, 0.717) is 6.04 Å². The highest BCUT2D eigenvalue weighted by Crippen LogP contribution is 2.29. The molecule has 4 heteroatoms. The van der Waals surface area contributed by atoms with Crippen LogP contribution < -0.4 is 5.32 Å². The molecule has 18 heavy (non-hydrogen) atoms. The predicted octanol–water partition coefficient (Wildman–Crippen LogP) is 3.81. The lowest BCUT2D eigenvalue weighted by Crippen LogP contribution is -2.29. The number of nitrogens with one attached hydrogen (secondary N) is 1. The van der Waals surface area contributed by atoms with Gasteiger partial charge in [-0.1, -0.05) is 22.0 Å². The van der Waals surface area contributed by atoms with E-state index in [1.807, 2.05) is 12.1 Å². The minimum atomic E-state index is -0.646. The van der Waals surface area contributed by atoms with Gasteiger partial charge in [0.1, 0.15) is 0 Å². The summed E-state index contributed by atoms with van der Waals surface area (Å²) in [7, 11) is 0. The first-order valence-corrected chi connectivity index (χ1v) is 7.11. The lowest BCUT2D eigenvalue weighted by molar-refractivity contribution is -0.142. The molecule has 1 aromatic rings. The van der Waals surface area contributed by atoms with Gasteiger partial charge >= 0.3 is 5.97 Å². The maximum Gasteiger partial charge on any atom is 0.306 e. The van der Waals surface area contributed by atoms with E-state index in [2.05, 4.69) is 34.2 Å². The van der Waals surface area contributed by atoms with Crippen molar-refractivity contribution in [3.8, 4) is 0 Å². The summed E-state index contributed by atoms with van der Waals surface area (Å²) in [6, 6.07) is 6.52. The van der Waals surface area contributed by atoms with Gasteiger partial charge in [0, 0.05) is 16.2 Å². The first kappa shape index (κ1) is 13.4. The van der Waals surface area contributed by atoms with E-state index in [4.69, 9.17) is 5.11 Å². The summed E-state index contributed by atoms with van der Waals surface area (Å²) in [5.41, 5.74) is 2.35. The highest BCUT2D eigenvalue weighted by atomic mass is 79.9. The van der Waals surface area contributed by atoms with Crippen LogP contribution in [0.25, 0.3) is 0 Å². The van der Waals surface area contributed by atoms with Crippen LogP contribution in [0, 0.1) is 12.8 Å². The maximum atomic E-state index is 10.9. The van der Waals surface area contributed by atoms with Crippen LogP contribution in [-0.2, 0) is 4.79 Å². The number of carboxylic acids is 1. The van der Waals surface area contributed by atoms with Crippen molar-refractivity contribution in [1.29, 1.82) is 0 Å². The largest absolute Gasteiger partial charge is 0.481 e. The number of anilines is 1. The van der Waals surface area contributed by atoms with Crippen LogP contribution in [0.3, 0.4) is 0 Å². The van der Waals surface area contributed by atoms with Crippen molar-refractivity contribution in [1.82, 2.24) is 0 Å². The van der Waals surface area contributed by atoms with Crippen LogP contribution in [0.2, 0.25) is 0 Å². The van der Waals surface area contributed by atoms with Gasteiger partial charge in [0.2, 0.25) is 0 Å². The molecule has 0 radical (unpaired) electrons. The zero-order chi connectivity index (χ0) is 13.1. The summed E-state index contributed by atoms with van der Waals surface area (Å²) in [6.07, 6.45) is 3.42. The van der Waals surface area contributed by atoms with Gasteiger partial charge in [0.25, 0.3) is 0 Å². The zero-order valence-electron chi connectivity index (χ0n) is 10.4. The van der Waals surface area contributed by atoms with Crippen molar-refractivity contribution >= 4 is 27.6 Å². The second kappa shape index (κ2) is 5.74. The Morgan fingerprint density at radius 1 is 1.33 bits per heavy atom. The molecule has 1 fully saturated rings. The molecule has 0 aliphatic heterocycles. The SMILES string of the molecule is Cc1c(Br)cccc1NC1CCC(C(=O)O)CC1. The number of rotatable bonds is 3. The molecule has 0 unspecified atom stereocenters. The fourth-order valence-corrected chi connectivity index (χ4v) is 2.83. The molecule has 2 rings (SSSR count). The fraction of sp³-hybridized carbons (Fsp3) is 0.500. The van der Waals surface area contributed by atoms with Gasteiger partial charge in [-0.15, -0.1) is 0 Å². The maximum absolute atomic E-state index is 10.9. The Morgan fingerprint density at radius 2 is 2.00 bits per heavy atom. The molecule has 0 heterocycles. The van der Waals surface area contributed by atoms with Crippen LogP contribution in [0.1, 0.15) is 31.2 Å². The number of hydrogen-bond acceptors (Lipinski definition) is 2. The Labute approximate surface area is 116 Å². The molecular formula is C14H18BrNO2. The zero-order valence-corrected chi connectivity index (χ0v) is 12.0. The predicted molar refractivity (Wildman–Crippen MR) is 75.9 cm³/mol. The van der Waals surface area contributed by atoms with Gasteiger partial charge < -0.3 is 10.4 Å². The van der Waals surface area contributed by atoms with Crippen molar-refractivity contribution in [3.05, 3.63) is 28.2 Å². The molecule has 1 aromatic carbocycles. The van der Waals surface area contributed by atoms with E-state index in [1.165, 1.54) is 5.56 Å². The molecule has 0 saturated heterocycles. The third kappa shape index (κ3) is 3.05. The molecule has 0 amide bonds. The Balaban J connectivity index is 1.96. The lowest BCUT2D eigenvalue weighted by Gasteiger charge is -2.28. The van der Waals surface area contributed by atoms with E-state index < -0.39 is 5.97 Å². The summed E-state index contributed by atoms with van der Waals surface area (Å²) in [5.74, 6) is -0.793. The summed E-state index contributed by atoms with van der Waals surface area (Å²) in [6.45, 7) is 2.08. The number of benzene rings is 1. The fourth-order valence-electron chi connectivity index (χ4n) is 2.47. The van der Waals surface area contributed by atoms with Crippen molar-refractivity contribution in [3.63, 3.8) is 0 Å². The van der Waals surface area contributed by atoms with Gasteiger partial charge in [-0.05, 0) is 50.3 Å². The minimum Gasteiger partial charge on any atom is -0.481 e. The van der Waals surface area contributed by atoms with Gasteiger partial charge in [0.15, 0.2) is 0 Å². The number of carbonyl (C=O) groups is 1. The number of hydrogen-bond donors (Lipinski definition) is 2. The molecule has 1 aliphatic carbocycles. The number of carboxylic acid groups (broad SMARTS) is 1. The molecule has 2 N–H and O–H groups in total. The molecule has 0 aromatic heterocycles. The van der Waals surface area contributed by atoms with E-state index in [0.717, 1.165) is 35.8 Å². The molecule has 1 aliphatic rings. The Morgan fingerprint density at radius 3 is 2.61 bits per heavy atom. The highest BCUT2D eigenvalue weighted by Gasteiger charge is 2.25. The summed E-state index contributed by atoms with van der Waals surface area (Å²) in [5, 5.41) is 12.5. The smallest absolute Gasteiger partial charge is 0.306 e. The summed E-state index contributed by atoms with van der Waals surface area (Å²) in [4.78, 5) is 10.9. The van der Waals surface area contributed by atoms with Gasteiger partial charge in [-0.3, -0.25) is 4.79 Å². The van der Waals surface area contributed by atoms with E-state index in [9.17, 15) is 4.79 Å². The van der Waals surface area contributed by atoms with E-state index in [1.54, 1.807) is 0 Å². The molecule has 1 saturated carbocycles. The number of halogens is 1. The Bertz CT molecular complexity index is 439. The lowest BCUT2D eigenvalue weighted by atomic mass is 9.86. The molecule has 0 spiro atoms. The highest BCUT2D eigenvalue weighted by molar-refractivity contribution is 9.10. The molecule has 98 valence electrons. The molecular weight excluding hydrogens is 294 g/mol. The second-order valence-electron chi connectivity index (χ2n) is 4.94. The number of aliphatic carboxylic acids is 1. The van der Waals surface area contributed by atoms with Crippen LogP contribution in [0.5, 0.6) is 0 Å². The van der Waals surface area contributed by atoms with Crippen molar-refractivity contribution in [2.45, 2.75) is 38.6 Å². The normalized spacial score (nSPS) is 23.7. The molecule has 0 atom stereocenters. The first-order valence-electron chi connectivity index (χ1n) is 6.32. The van der Waals surface area contributed by atoms with Crippen molar-refractivity contribution in [2.75, 3.05) is 5.32 Å². The van der Waals surface area contributed by atoms with Crippen LogP contribution in [-0.4, -0.2) is 17.1 Å². The third-order valence-electron chi connectivity index (χ3n) is 3.70. The minimum absolute atomic E-state index is 0.147. The van der Waals surface area contributed by atoms with Crippen LogP contribution >= 0.6 is 15.9 Å². The average Bonchev–Trinajstić information content (AvgIpc) is 2.36. The van der Waals surface area contributed by atoms with Gasteiger partial charge in [-0.2, -0.15) is 0 Å². The first-order chi connectivity index (χ1) is 8.58. The van der Waals surface area contributed by atoms with Gasteiger partial charge in [0.05, 0.1) is 5.92 Å². The Hall–Kier alpha value is -1.03. The second-order valence-corrected chi connectivity index (χ2v) is 5.80. The van der Waals surface area contributed by atoms with Crippen molar-refractivity contribution in [2.24, 2.45) is 5.92 Å². The van der Waals surface area contributed by atoms with Crippen molar-refractivity contribution < 1.29 is 9.90 Å². The van der Waals surface area contributed by atoms with E-state index >= 15 is 0 Å². The average molecular weight is 312 g/mol. The van der Waals surface area contributed by atoms with Crippen LogP contribution in [0.4, 0.5) is 5.69 Å². The standard InChI is InChI=1S/C14H18BrNO2/c1-9-12(15)3-2-4-13(9)16-11-7-5-10(6-8-11)14(17)18/h2-4,10-11,16H,5-8H2,1H3,(H,17,18). The Kier molecular flexibility index (Phi) is 4.27. The van der Waals surface area contributed by atoms with E-state index in [-0.39, 0.29) is 5.92 Å². The van der Waals surface area contributed by atoms with Crippen LogP contribution in [0.15, 0.2) is 22.7 Å². The summed E-state index contributed by atoms with van der Waals surface area (Å²) < 4.78 is 1.10. The molecule has 3 nitrogen and oxygen atoms in total. The third-order valence-corrected chi connectivity index (χ3v) is 4.56. The molecule has 0 bridgehead atoms. The summed E-state index contributed by atoms with van der Waals surface area (Å²) >= 11 is 3.52. The topological polar surface area (TPSA) is 49.3 Å². The van der Waals surface area contributed by atoms with Gasteiger partial charge in [-0.25, -0.2) is 0 Å². The quantitative estimate of drug-likeness (QED) is 0.892.